The number of hydrogen-bond acceptors (Lipinski definition) is 5. The highest BCUT2D eigenvalue weighted by Gasteiger charge is 2.52. The number of nitrogens with one attached hydrogen (secondary N) is 1. The number of para-hydroxylation sites is 1. The minimum atomic E-state index is -0.355. The molecule has 3 fully saturated rings. The van der Waals surface area contributed by atoms with Crippen LogP contribution in [0.1, 0.15) is 99.9 Å². The third kappa shape index (κ3) is 7.66. The SMILES string of the molecule is O=C(CCCc1ccc(N2C(=O)[C@@H]3Cc4ccccc4N3[C@H]2c2ccccc2P(C2CCCCC2)C2CCCCC2)cc1)NCCOCCO. The fourth-order valence-corrected chi connectivity index (χ4v) is 13.0. The van der Waals surface area contributed by atoms with Crippen LogP contribution < -0.4 is 20.4 Å². The number of amides is 2. The normalized spacial score (nSPS) is 21.1. The zero-order valence-corrected chi connectivity index (χ0v) is 30.4. The van der Waals surface area contributed by atoms with E-state index in [1.54, 1.807) is 5.30 Å². The summed E-state index contributed by atoms with van der Waals surface area (Å²) >= 11 is 0. The van der Waals surface area contributed by atoms with Gasteiger partial charge in [0.25, 0.3) is 5.91 Å². The van der Waals surface area contributed by atoms with Crippen molar-refractivity contribution in [1.29, 1.82) is 0 Å². The van der Waals surface area contributed by atoms with Gasteiger partial charge in [-0.15, -0.1) is 0 Å². The molecule has 0 unspecified atom stereocenters. The van der Waals surface area contributed by atoms with E-state index in [-0.39, 0.29) is 45.2 Å². The number of fused-ring (bicyclic) bond motifs is 3. The summed E-state index contributed by atoms with van der Waals surface area (Å²) in [5, 5.41) is 13.2. The Labute approximate surface area is 299 Å². The highest BCUT2D eigenvalue weighted by molar-refractivity contribution is 7.67. The molecule has 4 aliphatic rings. The van der Waals surface area contributed by atoms with Gasteiger partial charge in [-0.2, -0.15) is 0 Å². The van der Waals surface area contributed by atoms with Crippen LogP contribution in [0.15, 0.2) is 72.8 Å². The number of carbonyl (C=O) groups excluding carboxylic acids is 2. The highest BCUT2D eigenvalue weighted by atomic mass is 31.1. The maximum absolute atomic E-state index is 14.6. The molecule has 266 valence electrons. The zero-order chi connectivity index (χ0) is 34.3. The first kappa shape index (κ1) is 35.2. The summed E-state index contributed by atoms with van der Waals surface area (Å²) in [5.74, 6) is 0.203. The number of benzene rings is 3. The number of hydrogen-bond donors (Lipinski definition) is 2. The Kier molecular flexibility index (Phi) is 11.8. The molecule has 0 aromatic heterocycles. The predicted molar refractivity (Wildman–Crippen MR) is 204 cm³/mol. The van der Waals surface area contributed by atoms with E-state index in [4.69, 9.17) is 9.84 Å². The second-order valence-corrected chi connectivity index (χ2v) is 17.4. The molecular formula is C42H54N3O4P. The van der Waals surface area contributed by atoms with Crippen LogP contribution in [-0.4, -0.2) is 60.6 Å². The van der Waals surface area contributed by atoms with E-state index in [9.17, 15) is 9.59 Å². The Balaban J connectivity index is 1.16. The maximum Gasteiger partial charge on any atom is 0.252 e. The molecule has 2 heterocycles. The van der Waals surface area contributed by atoms with Gasteiger partial charge in [-0.1, -0.05) is 101 Å². The summed E-state index contributed by atoms with van der Waals surface area (Å²) in [6.07, 6.45) is 16.1. The van der Waals surface area contributed by atoms with Crippen molar-refractivity contribution in [3.63, 3.8) is 0 Å². The fraction of sp³-hybridized carbons (Fsp3) is 0.524. The molecule has 1 saturated heterocycles. The Morgan fingerprint density at radius 3 is 2.24 bits per heavy atom. The molecule has 0 bridgehead atoms. The van der Waals surface area contributed by atoms with Gasteiger partial charge < -0.3 is 20.1 Å². The smallest absolute Gasteiger partial charge is 0.252 e. The average Bonchev–Trinajstić information content (AvgIpc) is 3.67. The summed E-state index contributed by atoms with van der Waals surface area (Å²) in [5.41, 5.74) is 7.46. The van der Waals surface area contributed by atoms with E-state index in [2.05, 4.69) is 87.9 Å². The lowest BCUT2D eigenvalue weighted by Gasteiger charge is -2.41. The third-order valence-electron chi connectivity index (χ3n) is 11.4. The molecule has 0 radical (unpaired) electrons. The molecular weight excluding hydrogens is 641 g/mol. The number of carbonyl (C=O) groups is 2. The molecule has 2 atom stereocenters. The molecule has 2 amide bonds. The zero-order valence-electron chi connectivity index (χ0n) is 29.5. The molecule has 7 nitrogen and oxygen atoms in total. The lowest BCUT2D eigenvalue weighted by molar-refractivity contribution is -0.121. The Morgan fingerprint density at radius 1 is 0.840 bits per heavy atom. The standard InChI is InChI=1S/C42H54N3O4P/c46-27-29-49-28-26-43-40(47)21-11-12-31-22-24-33(25-23-31)44-41(45-37-19-9-7-13-32(37)30-38(45)42(44)48)36-18-8-10-20-39(36)50(34-14-3-1-4-15-34)35-16-5-2-6-17-35/h7-10,13,18-20,22-25,34-35,38,41,46H,1-6,11-12,14-17,21,26-30H2,(H,43,47)/t38-,41-/m0/s1. The van der Waals surface area contributed by atoms with Gasteiger partial charge in [0.05, 0.1) is 19.8 Å². The van der Waals surface area contributed by atoms with Crippen LogP contribution in [0.4, 0.5) is 11.4 Å². The number of rotatable bonds is 14. The van der Waals surface area contributed by atoms with Gasteiger partial charge in [-0.05, 0) is 84.5 Å². The van der Waals surface area contributed by atoms with Gasteiger partial charge in [0.2, 0.25) is 5.91 Å². The minimum absolute atomic E-state index is 0.0125. The number of aryl methyl sites for hydroxylation is 1. The highest BCUT2D eigenvalue weighted by Crippen LogP contribution is 2.57. The minimum Gasteiger partial charge on any atom is -0.394 e. The van der Waals surface area contributed by atoms with Gasteiger partial charge in [0, 0.05) is 36.3 Å². The molecule has 7 rings (SSSR count). The van der Waals surface area contributed by atoms with Crippen molar-refractivity contribution in [1.82, 2.24) is 5.32 Å². The quantitative estimate of drug-likeness (QED) is 0.136. The van der Waals surface area contributed by atoms with Gasteiger partial charge >= 0.3 is 0 Å². The third-order valence-corrected chi connectivity index (χ3v) is 14.9. The molecule has 8 heteroatoms. The van der Waals surface area contributed by atoms with Crippen molar-refractivity contribution < 1.29 is 19.4 Å². The average molecular weight is 696 g/mol. The number of anilines is 2. The lowest BCUT2D eigenvalue weighted by atomic mass is 9.99. The molecule has 2 saturated carbocycles. The monoisotopic (exact) mass is 695 g/mol. The number of ether oxygens (including phenoxy) is 1. The van der Waals surface area contributed by atoms with Crippen molar-refractivity contribution in [3.8, 4) is 0 Å². The predicted octanol–water partition coefficient (Wildman–Crippen LogP) is 7.38. The topological polar surface area (TPSA) is 82.1 Å². The van der Waals surface area contributed by atoms with Crippen molar-refractivity contribution in [2.45, 2.75) is 113 Å². The van der Waals surface area contributed by atoms with Crippen LogP contribution in [0.5, 0.6) is 0 Å². The van der Waals surface area contributed by atoms with Crippen molar-refractivity contribution in [2.75, 3.05) is 36.2 Å². The van der Waals surface area contributed by atoms with E-state index in [0.29, 0.717) is 19.6 Å². The van der Waals surface area contributed by atoms with Gasteiger partial charge in [-0.3, -0.25) is 14.5 Å². The van der Waals surface area contributed by atoms with E-state index in [1.165, 1.54) is 86.6 Å². The summed E-state index contributed by atoms with van der Waals surface area (Å²) in [4.78, 5) is 31.5. The summed E-state index contributed by atoms with van der Waals surface area (Å²) in [6, 6.07) is 26.2. The Morgan fingerprint density at radius 2 is 1.52 bits per heavy atom. The molecule has 0 spiro atoms. The van der Waals surface area contributed by atoms with Crippen LogP contribution >= 0.6 is 7.92 Å². The van der Waals surface area contributed by atoms with E-state index >= 15 is 0 Å². The first-order valence-electron chi connectivity index (χ1n) is 19.2. The molecule has 3 aromatic carbocycles. The molecule has 2 aliphatic carbocycles. The van der Waals surface area contributed by atoms with Crippen molar-refractivity contribution in [3.05, 3.63) is 89.5 Å². The van der Waals surface area contributed by atoms with Gasteiger partial charge in [-0.25, -0.2) is 0 Å². The van der Waals surface area contributed by atoms with E-state index in [0.717, 1.165) is 36.3 Å². The van der Waals surface area contributed by atoms with Crippen LogP contribution in [0.3, 0.4) is 0 Å². The second-order valence-electron chi connectivity index (χ2n) is 14.6. The largest absolute Gasteiger partial charge is 0.394 e. The Hall–Kier alpha value is -3.25. The van der Waals surface area contributed by atoms with E-state index in [1.807, 2.05) is 0 Å². The number of aliphatic hydroxyl groups excluding tert-OH is 1. The summed E-state index contributed by atoms with van der Waals surface area (Å²) < 4.78 is 5.22. The van der Waals surface area contributed by atoms with Gasteiger partial charge in [0.1, 0.15) is 12.2 Å². The van der Waals surface area contributed by atoms with Crippen LogP contribution in [0.25, 0.3) is 0 Å². The number of aliphatic hydroxyl groups is 1. The molecule has 2 N–H and O–H groups in total. The molecule has 50 heavy (non-hydrogen) atoms. The van der Waals surface area contributed by atoms with Crippen molar-refractivity contribution >= 4 is 36.4 Å². The number of nitrogens with zero attached hydrogens (tertiary/aromatic N) is 2. The summed E-state index contributed by atoms with van der Waals surface area (Å²) in [7, 11) is -0.355. The Bertz CT molecular complexity index is 1570. The van der Waals surface area contributed by atoms with Crippen LogP contribution in [0.2, 0.25) is 0 Å². The van der Waals surface area contributed by atoms with Gasteiger partial charge in [0.15, 0.2) is 0 Å². The summed E-state index contributed by atoms with van der Waals surface area (Å²) in [6.45, 7) is 1.13. The van der Waals surface area contributed by atoms with Crippen LogP contribution in [0, 0.1) is 0 Å². The maximum atomic E-state index is 14.6. The molecule has 3 aromatic rings. The van der Waals surface area contributed by atoms with E-state index < -0.39 is 0 Å². The van der Waals surface area contributed by atoms with Crippen molar-refractivity contribution in [2.24, 2.45) is 0 Å². The van der Waals surface area contributed by atoms with Crippen LogP contribution in [-0.2, 0) is 27.2 Å². The molecule has 2 aliphatic heterocycles. The fourth-order valence-electron chi connectivity index (χ4n) is 9.03. The first-order chi connectivity index (χ1) is 24.6. The first-order valence-corrected chi connectivity index (χ1v) is 20.7. The lowest BCUT2D eigenvalue weighted by Crippen LogP contribution is -2.37. The second kappa shape index (κ2) is 16.8.